The van der Waals surface area contributed by atoms with Gasteiger partial charge in [0.1, 0.15) is 0 Å². The van der Waals surface area contributed by atoms with Gasteiger partial charge >= 0.3 is 6.18 Å². The van der Waals surface area contributed by atoms with Gasteiger partial charge in [-0.2, -0.15) is 13.2 Å². The fourth-order valence-corrected chi connectivity index (χ4v) is 1.89. The van der Waals surface area contributed by atoms with Gasteiger partial charge in [-0.1, -0.05) is 22.0 Å². The van der Waals surface area contributed by atoms with Crippen molar-refractivity contribution >= 4 is 34.2 Å². The minimum absolute atomic E-state index is 0. The molecule has 0 aliphatic heterocycles. The molecule has 20 heavy (non-hydrogen) atoms. The molecule has 0 radical (unpaired) electrons. The minimum Gasteiger partial charge on any atom is -0.352 e. The molecule has 0 aliphatic rings. The van der Waals surface area contributed by atoms with Crippen LogP contribution >= 0.6 is 28.3 Å². The third kappa shape index (κ3) is 6.11. The molecule has 8 heteroatoms. The van der Waals surface area contributed by atoms with Gasteiger partial charge in [0, 0.05) is 23.5 Å². The van der Waals surface area contributed by atoms with Crippen molar-refractivity contribution in [2.75, 3.05) is 0 Å². The molecule has 1 aromatic carbocycles. The summed E-state index contributed by atoms with van der Waals surface area (Å²) < 4.78 is 38.8. The number of hydrogen-bond donors (Lipinski definition) is 2. The number of rotatable bonds is 4. The maximum absolute atomic E-state index is 12.8. The number of halogens is 5. The molecule has 3 nitrogen and oxygen atoms in total. The molecule has 0 spiro atoms. The van der Waals surface area contributed by atoms with Crippen LogP contribution in [0.25, 0.3) is 0 Å². The summed E-state index contributed by atoms with van der Waals surface area (Å²) in [6.07, 6.45) is -4.37. The monoisotopic (exact) mass is 374 g/mol. The quantitative estimate of drug-likeness (QED) is 0.849. The van der Waals surface area contributed by atoms with E-state index in [0.29, 0.717) is 4.47 Å². The largest absolute Gasteiger partial charge is 0.416 e. The zero-order valence-electron chi connectivity index (χ0n) is 10.6. The lowest BCUT2D eigenvalue weighted by atomic mass is 10.1. The molecular weight excluding hydrogens is 360 g/mol. The fraction of sp³-hybridized carbons (Fsp3) is 0.417. The summed E-state index contributed by atoms with van der Waals surface area (Å²) in [6, 6.07) is 3.50. The summed E-state index contributed by atoms with van der Waals surface area (Å²) >= 11 is 3.00. The Morgan fingerprint density at radius 1 is 1.45 bits per heavy atom. The number of nitrogens with one attached hydrogen (secondary N) is 1. The summed E-state index contributed by atoms with van der Waals surface area (Å²) in [5.74, 6) is -0.369. The van der Waals surface area contributed by atoms with Crippen molar-refractivity contribution in [2.45, 2.75) is 32.1 Å². The molecule has 114 valence electrons. The molecule has 1 atom stereocenters. The average Bonchev–Trinajstić information content (AvgIpc) is 2.25. The highest BCUT2D eigenvalue weighted by Crippen LogP contribution is 2.33. The van der Waals surface area contributed by atoms with E-state index in [1.165, 1.54) is 12.1 Å². The van der Waals surface area contributed by atoms with E-state index in [4.69, 9.17) is 5.73 Å². The average molecular weight is 376 g/mol. The van der Waals surface area contributed by atoms with Gasteiger partial charge in [-0.25, -0.2) is 0 Å². The van der Waals surface area contributed by atoms with Crippen LogP contribution in [0.2, 0.25) is 0 Å². The summed E-state index contributed by atoms with van der Waals surface area (Å²) in [4.78, 5) is 11.4. The van der Waals surface area contributed by atoms with Crippen LogP contribution in [0.5, 0.6) is 0 Å². The Hall–Kier alpha value is -0.790. The first-order valence-electron chi connectivity index (χ1n) is 5.58. The standard InChI is InChI=1S/C12H14BrF3N2O.ClH/c1-7(17)4-11(19)18-6-8-2-3-9(13)5-10(8)12(14,15)16;/h2-3,5,7H,4,6,17H2,1H3,(H,18,19);1H. The molecule has 1 amide bonds. The lowest BCUT2D eigenvalue weighted by Crippen LogP contribution is -2.30. The van der Waals surface area contributed by atoms with Crippen molar-refractivity contribution in [1.29, 1.82) is 0 Å². The van der Waals surface area contributed by atoms with Crippen molar-refractivity contribution in [2.24, 2.45) is 5.73 Å². The van der Waals surface area contributed by atoms with Gasteiger partial charge in [0.2, 0.25) is 5.91 Å². The van der Waals surface area contributed by atoms with Crippen LogP contribution in [0.15, 0.2) is 22.7 Å². The highest BCUT2D eigenvalue weighted by Gasteiger charge is 2.33. The number of benzene rings is 1. The van der Waals surface area contributed by atoms with Gasteiger partial charge in [-0.05, 0) is 24.6 Å². The molecule has 1 unspecified atom stereocenters. The minimum atomic E-state index is -4.45. The van der Waals surface area contributed by atoms with Crippen LogP contribution in [-0.2, 0) is 17.5 Å². The maximum Gasteiger partial charge on any atom is 0.416 e. The van der Waals surface area contributed by atoms with Crippen molar-refractivity contribution < 1.29 is 18.0 Å². The molecule has 0 fully saturated rings. The highest BCUT2D eigenvalue weighted by atomic mass is 79.9. The van der Waals surface area contributed by atoms with Crippen LogP contribution in [0, 0.1) is 0 Å². The first-order chi connectivity index (χ1) is 8.70. The Bertz CT molecular complexity index is 467. The van der Waals surface area contributed by atoms with E-state index in [-0.39, 0.29) is 42.9 Å². The number of amides is 1. The zero-order valence-corrected chi connectivity index (χ0v) is 13.0. The molecule has 0 aliphatic carbocycles. The third-order valence-corrected chi connectivity index (χ3v) is 2.85. The predicted octanol–water partition coefficient (Wildman–Crippen LogP) is 3.24. The van der Waals surface area contributed by atoms with E-state index in [1.54, 1.807) is 6.92 Å². The topological polar surface area (TPSA) is 55.1 Å². The third-order valence-electron chi connectivity index (χ3n) is 2.36. The van der Waals surface area contributed by atoms with Crippen LogP contribution in [0.3, 0.4) is 0 Å². The summed E-state index contributed by atoms with van der Waals surface area (Å²) in [5, 5.41) is 2.43. The Labute approximate surface area is 129 Å². The smallest absolute Gasteiger partial charge is 0.352 e. The Kier molecular flexibility index (Phi) is 7.54. The SMILES string of the molecule is CC(N)CC(=O)NCc1ccc(Br)cc1C(F)(F)F.Cl. The van der Waals surface area contributed by atoms with Gasteiger partial charge in [0.25, 0.3) is 0 Å². The molecule has 0 saturated carbocycles. The van der Waals surface area contributed by atoms with Crippen molar-refractivity contribution in [3.05, 3.63) is 33.8 Å². The molecule has 0 bridgehead atoms. The zero-order chi connectivity index (χ0) is 14.6. The molecule has 3 N–H and O–H groups in total. The highest BCUT2D eigenvalue weighted by molar-refractivity contribution is 9.10. The Morgan fingerprint density at radius 2 is 2.05 bits per heavy atom. The van der Waals surface area contributed by atoms with Gasteiger partial charge in [0.15, 0.2) is 0 Å². The number of nitrogens with two attached hydrogens (primary N) is 1. The van der Waals surface area contributed by atoms with E-state index < -0.39 is 11.7 Å². The van der Waals surface area contributed by atoms with E-state index >= 15 is 0 Å². The number of carbonyl (C=O) groups excluding carboxylic acids is 1. The summed E-state index contributed by atoms with van der Waals surface area (Å²) in [5.41, 5.74) is 4.70. The van der Waals surface area contributed by atoms with Gasteiger partial charge in [0.05, 0.1) is 5.56 Å². The predicted molar refractivity (Wildman–Crippen MR) is 76.5 cm³/mol. The normalized spacial score (nSPS) is 12.5. The van der Waals surface area contributed by atoms with Crippen molar-refractivity contribution in [3.8, 4) is 0 Å². The van der Waals surface area contributed by atoms with Crippen LogP contribution in [0.4, 0.5) is 13.2 Å². The van der Waals surface area contributed by atoms with Gasteiger partial charge in [-0.15, -0.1) is 12.4 Å². The van der Waals surface area contributed by atoms with Gasteiger partial charge in [-0.3, -0.25) is 4.79 Å². The second-order valence-electron chi connectivity index (χ2n) is 4.26. The first-order valence-corrected chi connectivity index (χ1v) is 6.37. The Morgan fingerprint density at radius 3 is 2.55 bits per heavy atom. The number of alkyl halides is 3. The number of hydrogen-bond acceptors (Lipinski definition) is 2. The van der Waals surface area contributed by atoms with E-state index in [0.717, 1.165) is 6.07 Å². The van der Waals surface area contributed by atoms with Crippen LogP contribution in [-0.4, -0.2) is 11.9 Å². The molecule has 1 aromatic rings. The van der Waals surface area contributed by atoms with Gasteiger partial charge < -0.3 is 11.1 Å². The summed E-state index contributed by atoms with van der Waals surface area (Å²) in [7, 11) is 0. The van der Waals surface area contributed by atoms with E-state index in [1.807, 2.05) is 0 Å². The molecule has 1 rings (SSSR count). The van der Waals surface area contributed by atoms with E-state index in [2.05, 4.69) is 21.2 Å². The first kappa shape index (κ1) is 19.2. The van der Waals surface area contributed by atoms with Crippen LogP contribution in [0.1, 0.15) is 24.5 Å². The van der Waals surface area contributed by atoms with E-state index in [9.17, 15) is 18.0 Å². The maximum atomic E-state index is 12.8. The second-order valence-corrected chi connectivity index (χ2v) is 5.17. The molecule has 0 saturated heterocycles. The fourth-order valence-electron chi connectivity index (χ4n) is 1.53. The molecule has 0 heterocycles. The Balaban J connectivity index is 0.00000361. The van der Waals surface area contributed by atoms with Crippen molar-refractivity contribution in [3.63, 3.8) is 0 Å². The lowest BCUT2D eigenvalue weighted by Gasteiger charge is -2.14. The van der Waals surface area contributed by atoms with Crippen molar-refractivity contribution in [1.82, 2.24) is 5.32 Å². The summed E-state index contributed by atoms with van der Waals surface area (Å²) in [6.45, 7) is 1.48. The van der Waals surface area contributed by atoms with Crippen LogP contribution < -0.4 is 11.1 Å². The molecule has 0 aromatic heterocycles. The second kappa shape index (κ2) is 7.85. The lowest BCUT2D eigenvalue weighted by molar-refractivity contribution is -0.138. The number of carbonyl (C=O) groups is 1. The molecular formula is C12H15BrClF3N2O.